The van der Waals surface area contributed by atoms with E-state index in [-0.39, 0.29) is 36.6 Å². The van der Waals surface area contributed by atoms with Crippen LogP contribution in [0.4, 0.5) is 15.8 Å². The van der Waals surface area contributed by atoms with E-state index in [1.807, 2.05) is 74.4 Å². The van der Waals surface area contributed by atoms with E-state index >= 15 is 0 Å². The number of nitrogens with one attached hydrogen (secondary N) is 1. The van der Waals surface area contributed by atoms with E-state index in [1.54, 1.807) is 11.0 Å². The van der Waals surface area contributed by atoms with Gasteiger partial charge in [0.1, 0.15) is 12.4 Å². The van der Waals surface area contributed by atoms with Gasteiger partial charge in [-0.1, -0.05) is 36.4 Å². The summed E-state index contributed by atoms with van der Waals surface area (Å²) in [4.78, 5) is 29.3. The lowest BCUT2D eigenvalue weighted by Gasteiger charge is -2.31. The summed E-state index contributed by atoms with van der Waals surface area (Å²) in [5.41, 5.74) is 3.59. The molecule has 34 heavy (non-hydrogen) atoms. The first-order valence-corrected chi connectivity index (χ1v) is 11.0. The summed E-state index contributed by atoms with van der Waals surface area (Å²) in [6, 6.07) is 20.7. The maximum atomic E-state index is 13.9. The maximum Gasteiger partial charge on any atom is 0.254 e. The van der Waals surface area contributed by atoms with E-state index in [4.69, 9.17) is 4.74 Å². The first-order chi connectivity index (χ1) is 16.3. The molecule has 0 spiro atoms. The van der Waals surface area contributed by atoms with Crippen molar-refractivity contribution in [2.45, 2.75) is 19.5 Å². The molecule has 0 aliphatic carbocycles. The van der Waals surface area contributed by atoms with E-state index in [0.717, 1.165) is 16.8 Å². The number of nitrogens with zero attached hydrogens (tertiary/aromatic N) is 2. The average Bonchev–Trinajstić information content (AvgIpc) is 2.82. The van der Waals surface area contributed by atoms with Crippen LogP contribution in [-0.4, -0.2) is 44.5 Å². The van der Waals surface area contributed by atoms with Crippen molar-refractivity contribution in [1.29, 1.82) is 0 Å². The second-order valence-electron chi connectivity index (χ2n) is 8.25. The molecule has 3 rings (SSSR count). The van der Waals surface area contributed by atoms with Crippen molar-refractivity contribution < 1.29 is 18.7 Å². The molecule has 1 atom stereocenters. The van der Waals surface area contributed by atoms with Crippen LogP contribution in [0.25, 0.3) is 0 Å². The Morgan fingerprint density at radius 2 is 1.74 bits per heavy atom. The van der Waals surface area contributed by atoms with Crippen LogP contribution in [0.3, 0.4) is 0 Å². The molecular formula is C27H30FN3O3. The molecule has 0 saturated carbocycles. The Balaban J connectivity index is 2.02. The zero-order valence-corrected chi connectivity index (χ0v) is 19.9. The minimum absolute atomic E-state index is 0.0556. The topological polar surface area (TPSA) is 61.9 Å². The Hall–Kier alpha value is -3.71. The number of hydrogen-bond acceptors (Lipinski definition) is 4. The van der Waals surface area contributed by atoms with Crippen LogP contribution in [-0.2, 0) is 16.1 Å². The number of carbonyl (C=O) groups is 2. The van der Waals surface area contributed by atoms with Crippen molar-refractivity contribution >= 4 is 23.2 Å². The zero-order chi connectivity index (χ0) is 24.7. The molecule has 0 bridgehead atoms. The summed E-state index contributed by atoms with van der Waals surface area (Å²) in [5.74, 6) is -1.01. The van der Waals surface area contributed by atoms with Crippen LogP contribution < -0.4 is 10.2 Å². The van der Waals surface area contributed by atoms with Gasteiger partial charge in [-0.05, 0) is 54.4 Å². The Labute approximate surface area is 200 Å². The summed E-state index contributed by atoms with van der Waals surface area (Å²) < 4.78 is 18.8. The predicted octanol–water partition coefficient (Wildman–Crippen LogP) is 4.88. The van der Waals surface area contributed by atoms with Gasteiger partial charge in [-0.3, -0.25) is 9.59 Å². The van der Waals surface area contributed by atoms with Crippen molar-refractivity contribution in [1.82, 2.24) is 4.90 Å². The quantitative estimate of drug-likeness (QED) is 0.491. The molecular weight excluding hydrogens is 433 g/mol. The number of halogens is 1. The molecule has 0 heterocycles. The van der Waals surface area contributed by atoms with Crippen LogP contribution in [0.5, 0.6) is 0 Å². The minimum atomic E-state index is -0.463. The van der Waals surface area contributed by atoms with Crippen molar-refractivity contribution in [3.63, 3.8) is 0 Å². The largest absolute Gasteiger partial charge is 0.377 e. The van der Waals surface area contributed by atoms with Gasteiger partial charge < -0.3 is 19.9 Å². The average molecular weight is 464 g/mol. The van der Waals surface area contributed by atoms with Gasteiger partial charge in [0.2, 0.25) is 5.91 Å². The standard InChI is InChI=1S/C27H30FN3O3/c1-19(20-9-6-5-7-10-20)31(27(33)21-11-8-12-23(28)15-21)17-22-16-24(29-26(32)18-34-4)13-14-25(22)30(2)3/h5-16,19H,17-18H2,1-4H3,(H,29,32). The molecule has 3 aromatic rings. The van der Waals surface area contributed by atoms with Gasteiger partial charge in [0.15, 0.2) is 0 Å². The first-order valence-electron chi connectivity index (χ1n) is 11.0. The van der Waals surface area contributed by atoms with E-state index in [9.17, 15) is 14.0 Å². The van der Waals surface area contributed by atoms with Gasteiger partial charge in [-0.2, -0.15) is 0 Å². The lowest BCUT2D eigenvalue weighted by Crippen LogP contribution is -2.34. The van der Waals surface area contributed by atoms with Gasteiger partial charge in [-0.25, -0.2) is 4.39 Å². The molecule has 1 N–H and O–H groups in total. The van der Waals surface area contributed by atoms with Gasteiger partial charge in [0, 0.05) is 44.7 Å². The number of hydrogen-bond donors (Lipinski definition) is 1. The highest BCUT2D eigenvalue weighted by Gasteiger charge is 2.25. The smallest absolute Gasteiger partial charge is 0.254 e. The van der Waals surface area contributed by atoms with Gasteiger partial charge in [0.25, 0.3) is 5.91 Å². The molecule has 0 aliphatic rings. The summed E-state index contributed by atoms with van der Waals surface area (Å²) in [6.07, 6.45) is 0. The Morgan fingerprint density at radius 1 is 1.00 bits per heavy atom. The molecule has 7 heteroatoms. The summed E-state index contributed by atoms with van der Waals surface area (Å²) in [5, 5.41) is 2.82. The predicted molar refractivity (Wildman–Crippen MR) is 132 cm³/mol. The van der Waals surface area contributed by atoms with Crippen molar-refractivity contribution in [3.8, 4) is 0 Å². The minimum Gasteiger partial charge on any atom is -0.377 e. The Bertz CT molecular complexity index is 1130. The Morgan fingerprint density at radius 3 is 2.38 bits per heavy atom. The van der Waals surface area contributed by atoms with E-state index < -0.39 is 5.82 Å². The van der Waals surface area contributed by atoms with E-state index in [0.29, 0.717) is 5.69 Å². The third-order valence-electron chi connectivity index (χ3n) is 5.54. The molecule has 6 nitrogen and oxygen atoms in total. The van der Waals surface area contributed by atoms with Crippen molar-refractivity contribution in [2.75, 3.05) is 38.0 Å². The van der Waals surface area contributed by atoms with E-state index in [2.05, 4.69) is 5.32 Å². The highest BCUT2D eigenvalue weighted by Crippen LogP contribution is 2.30. The number of rotatable bonds is 9. The first kappa shape index (κ1) is 24.9. The molecule has 0 radical (unpaired) electrons. The molecule has 178 valence electrons. The number of ether oxygens (including phenoxy) is 1. The summed E-state index contributed by atoms with van der Waals surface area (Å²) in [7, 11) is 5.30. The fourth-order valence-electron chi connectivity index (χ4n) is 3.82. The molecule has 1 unspecified atom stereocenters. The maximum absolute atomic E-state index is 13.9. The van der Waals surface area contributed by atoms with Crippen LogP contribution in [0.1, 0.15) is 34.5 Å². The van der Waals surface area contributed by atoms with Crippen LogP contribution in [0.2, 0.25) is 0 Å². The van der Waals surface area contributed by atoms with Crippen LogP contribution in [0, 0.1) is 5.82 Å². The molecule has 0 aliphatic heterocycles. The highest BCUT2D eigenvalue weighted by atomic mass is 19.1. The van der Waals surface area contributed by atoms with Crippen molar-refractivity contribution in [2.24, 2.45) is 0 Å². The number of anilines is 2. The molecule has 2 amide bonds. The lowest BCUT2D eigenvalue weighted by molar-refractivity contribution is -0.119. The monoisotopic (exact) mass is 463 g/mol. The van der Waals surface area contributed by atoms with E-state index in [1.165, 1.54) is 25.3 Å². The number of carbonyl (C=O) groups excluding carboxylic acids is 2. The molecule has 0 aromatic heterocycles. The van der Waals surface area contributed by atoms with Crippen LogP contribution in [0.15, 0.2) is 72.8 Å². The lowest BCUT2D eigenvalue weighted by atomic mass is 10.0. The van der Waals surface area contributed by atoms with Gasteiger partial charge in [0.05, 0.1) is 6.04 Å². The third-order valence-corrected chi connectivity index (χ3v) is 5.54. The number of benzene rings is 3. The van der Waals surface area contributed by atoms with Gasteiger partial charge in [-0.15, -0.1) is 0 Å². The number of methoxy groups -OCH3 is 1. The molecule has 0 saturated heterocycles. The fraction of sp³-hybridized carbons (Fsp3) is 0.259. The summed E-state index contributed by atoms with van der Waals surface area (Å²) in [6.45, 7) is 2.15. The zero-order valence-electron chi connectivity index (χ0n) is 19.9. The second-order valence-corrected chi connectivity index (χ2v) is 8.25. The summed E-state index contributed by atoms with van der Waals surface area (Å²) >= 11 is 0. The third kappa shape index (κ3) is 6.20. The van der Waals surface area contributed by atoms with Crippen LogP contribution >= 0.6 is 0 Å². The SMILES string of the molecule is COCC(=O)Nc1ccc(N(C)C)c(CN(C(=O)c2cccc(F)c2)C(C)c2ccccc2)c1. The molecule has 0 fully saturated rings. The number of amides is 2. The normalized spacial score (nSPS) is 11.6. The van der Waals surface area contributed by atoms with Crippen molar-refractivity contribution in [3.05, 3.63) is 95.3 Å². The van der Waals surface area contributed by atoms with Gasteiger partial charge >= 0.3 is 0 Å². The highest BCUT2D eigenvalue weighted by molar-refractivity contribution is 5.95. The second kappa shape index (κ2) is 11.4. The fourth-order valence-corrected chi connectivity index (χ4v) is 3.82. The molecule has 3 aromatic carbocycles. The Kier molecular flexibility index (Phi) is 8.38.